The zero-order chi connectivity index (χ0) is 13.7. The minimum absolute atomic E-state index is 0.159. The molecule has 2 rings (SSSR count). The summed E-state index contributed by atoms with van der Waals surface area (Å²) in [5.74, 6) is -0.159. The zero-order valence-electron chi connectivity index (χ0n) is 10.9. The van der Waals surface area contributed by atoms with E-state index in [0.29, 0.717) is 6.54 Å². The number of aryl methyl sites for hydroxylation is 1. The molecule has 0 saturated carbocycles. The number of hydrogen-bond acceptors (Lipinski definition) is 3. The Morgan fingerprint density at radius 3 is 2.74 bits per heavy atom. The zero-order valence-corrected chi connectivity index (χ0v) is 10.9. The number of benzene rings is 1. The van der Waals surface area contributed by atoms with Gasteiger partial charge in [-0.1, -0.05) is 30.3 Å². The molecule has 0 aliphatic heterocycles. The summed E-state index contributed by atoms with van der Waals surface area (Å²) >= 11 is 0. The van der Waals surface area contributed by atoms with E-state index in [2.05, 4.69) is 10.4 Å². The lowest BCUT2D eigenvalue weighted by Gasteiger charge is -2.12. The lowest BCUT2D eigenvalue weighted by atomic mass is 10.1. The molecule has 100 valence electrons. The van der Waals surface area contributed by atoms with Gasteiger partial charge in [0.15, 0.2) is 0 Å². The van der Waals surface area contributed by atoms with E-state index in [-0.39, 0.29) is 5.91 Å². The molecule has 0 aliphatic carbocycles. The van der Waals surface area contributed by atoms with Crippen molar-refractivity contribution in [3.63, 3.8) is 0 Å². The molecule has 3 N–H and O–H groups in total. The number of hydrogen-bond donors (Lipinski definition) is 2. The van der Waals surface area contributed by atoms with Crippen LogP contribution < -0.4 is 11.1 Å². The summed E-state index contributed by atoms with van der Waals surface area (Å²) in [5.41, 5.74) is 7.80. The van der Waals surface area contributed by atoms with Gasteiger partial charge in [0.2, 0.25) is 5.91 Å². The van der Waals surface area contributed by atoms with E-state index in [9.17, 15) is 4.79 Å². The van der Waals surface area contributed by atoms with Gasteiger partial charge in [0.05, 0.1) is 0 Å². The Labute approximate surface area is 112 Å². The highest BCUT2D eigenvalue weighted by Gasteiger charge is 2.14. The number of nitrogens with zero attached hydrogens (tertiary/aromatic N) is 2. The summed E-state index contributed by atoms with van der Waals surface area (Å²) in [6, 6.07) is 10.7. The predicted octanol–water partition coefficient (Wildman–Crippen LogP) is 0.779. The molecule has 0 saturated heterocycles. The minimum Gasteiger partial charge on any atom is -0.354 e. The largest absolute Gasteiger partial charge is 0.354 e. The van der Waals surface area contributed by atoms with Crippen LogP contribution in [0.25, 0.3) is 0 Å². The van der Waals surface area contributed by atoms with E-state index in [1.165, 1.54) is 0 Å². The Morgan fingerprint density at radius 2 is 2.11 bits per heavy atom. The summed E-state index contributed by atoms with van der Waals surface area (Å²) in [7, 11) is 1.88. The van der Waals surface area contributed by atoms with Crippen molar-refractivity contribution in [2.75, 3.05) is 6.54 Å². The Balaban J connectivity index is 1.83. The molecule has 1 atom stereocenters. The molecule has 5 heteroatoms. The van der Waals surface area contributed by atoms with Crippen molar-refractivity contribution in [2.24, 2.45) is 12.8 Å². The van der Waals surface area contributed by atoms with Crippen molar-refractivity contribution < 1.29 is 4.79 Å². The van der Waals surface area contributed by atoms with Crippen molar-refractivity contribution in [1.82, 2.24) is 15.1 Å². The SMILES string of the molecule is Cn1nccc1CCNC(=O)[C@@H](N)c1ccccc1. The molecule has 0 radical (unpaired) electrons. The second-order valence-corrected chi connectivity index (χ2v) is 4.38. The smallest absolute Gasteiger partial charge is 0.241 e. The summed E-state index contributed by atoms with van der Waals surface area (Å²) < 4.78 is 1.79. The molecule has 5 nitrogen and oxygen atoms in total. The normalized spacial score (nSPS) is 12.1. The minimum atomic E-state index is -0.618. The molecule has 0 fully saturated rings. The van der Waals surface area contributed by atoms with Gasteiger partial charge in [-0.25, -0.2) is 0 Å². The second kappa shape index (κ2) is 6.15. The van der Waals surface area contributed by atoms with Crippen LogP contribution in [0, 0.1) is 0 Å². The predicted molar refractivity (Wildman–Crippen MR) is 73.3 cm³/mol. The van der Waals surface area contributed by atoms with Gasteiger partial charge in [0.25, 0.3) is 0 Å². The Kier molecular flexibility index (Phi) is 4.30. The number of carbonyl (C=O) groups is 1. The highest BCUT2D eigenvalue weighted by Crippen LogP contribution is 2.09. The maximum atomic E-state index is 11.9. The molecule has 0 bridgehead atoms. The van der Waals surface area contributed by atoms with E-state index in [1.54, 1.807) is 10.9 Å². The number of nitrogens with one attached hydrogen (secondary N) is 1. The van der Waals surface area contributed by atoms with Crippen LogP contribution in [0.15, 0.2) is 42.6 Å². The van der Waals surface area contributed by atoms with Crippen molar-refractivity contribution >= 4 is 5.91 Å². The Hall–Kier alpha value is -2.14. The average molecular weight is 258 g/mol. The fraction of sp³-hybridized carbons (Fsp3) is 0.286. The highest BCUT2D eigenvalue weighted by atomic mass is 16.2. The number of nitrogens with two attached hydrogens (primary N) is 1. The van der Waals surface area contributed by atoms with Crippen LogP contribution in [0.2, 0.25) is 0 Å². The topological polar surface area (TPSA) is 72.9 Å². The molecule has 2 aromatic rings. The first kappa shape index (κ1) is 13.3. The first-order valence-corrected chi connectivity index (χ1v) is 6.23. The quantitative estimate of drug-likeness (QED) is 0.832. The molecule has 1 aromatic carbocycles. The first-order valence-electron chi connectivity index (χ1n) is 6.23. The van der Waals surface area contributed by atoms with Crippen LogP contribution in [0.4, 0.5) is 0 Å². The van der Waals surface area contributed by atoms with Gasteiger partial charge in [0, 0.05) is 31.9 Å². The molecule has 1 aromatic heterocycles. The molecular formula is C14H18N4O. The summed E-state index contributed by atoms with van der Waals surface area (Å²) in [4.78, 5) is 11.9. The van der Waals surface area contributed by atoms with E-state index in [4.69, 9.17) is 5.73 Å². The average Bonchev–Trinajstić information content (AvgIpc) is 2.84. The van der Waals surface area contributed by atoms with Crippen LogP contribution in [0.1, 0.15) is 17.3 Å². The molecular weight excluding hydrogens is 240 g/mol. The third-order valence-electron chi connectivity index (χ3n) is 3.04. The van der Waals surface area contributed by atoms with Gasteiger partial charge in [-0.15, -0.1) is 0 Å². The van der Waals surface area contributed by atoms with Crippen LogP contribution in [0.5, 0.6) is 0 Å². The van der Waals surface area contributed by atoms with Gasteiger partial charge in [0.1, 0.15) is 6.04 Å². The van der Waals surface area contributed by atoms with Gasteiger partial charge < -0.3 is 11.1 Å². The van der Waals surface area contributed by atoms with E-state index < -0.39 is 6.04 Å². The van der Waals surface area contributed by atoms with Crippen molar-refractivity contribution in [3.8, 4) is 0 Å². The van der Waals surface area contributed by atoms with Gasteiger partial charge in [-0.05, 0) is 11.6 Å². The molecule has 19 heavy (non-hydrogen) atoms. The van der Waals surface area contributed by atoms with Crippen molar-refractivity contribution in [3.05, 3.63) is 53.9 Å². The van der Waals surface area contributed by atoms with Gasteiger partial charge in [-0.2, -0.15) is 5.10 Å². The summed E-state index contributed by atoms with van der Waals surface area (Å²) in [6.07, 6.45) is 2.48. The molecule has 0 spiro atoms. The molecule has 0 unspecified atom stereocenters. The summed E-state index contributed by atoms with van der Waals surface area (Å²) in [5, 5.41) is 6.92. The Bertz CT molecular complexity index is 535. The van der Waals surface area contributed by atoms with Crippen molar-refractivity contribution in [1.29, 1.82) is 0 Å². The van der Waals surface area contributed by atoms with Gasteiger partial charge in [-0.3, -0.25) is 9.48 Å². The number of rotatable bonds is 5. The first-order chi connectivity index (χ1) is 9.18. The van der Waals surface area contributed by atoms with Crippen LogP contribution in [-0.2, 0) is 18.3 Å². The van der Waals surface area contributed by atoms with Crippen LogP contribution in [0.3, 0.4) is 0 Å². The maximum absolute atomic E-state index is 11.9. The lowest BCUT2D eigenvalue weighted by molar-refractivity contribution is -0.122. The third-order valence-corrected chi connectivity index (χ3v) is 3.04. The number of amides is 1. The van der Waals surface area contributed by atoms with E-state index in [0.717, 1.165) is 17.7 Å². The molecule has 1 heterocycles. The monoisotopic (exact) mass is 258 g/mol. The van der Waals surface area contributed by atoms with Crippen LogP contribution >= 0.6 is 0 Å². The number of aromatic nitrogens is 2. The second-order valence-electron chi connectivity index (χ2n) is 4.38. The van der Waals surface area contributed by atoms with E-state index >= 15 is 0 Å². The van der Waals surface area contributed by atoms with E-state index in [1.807, 2.05) is 43.4 Å². The highest BCUT2D eigenvalue weighted by molar-refractivity contribution is 5.82. The summed E-state index contributed by atoms with van der Waals surface area (Å²) in [6.45, 7) is 0.554. The number of carbonyl (C=O) groups excluding carboxylic acids is 1. The Morgan fingerprint density at radius 1 is 1.37 bits per heavy atom. The fourth-order valence-electron chi connectivity index (χ4n) is 1.88. The standard InChI is InChI=1S/C14H18N4O/c1-18-12(8-10-17-18)7-9-16-14(19)13(15)11-5-3-2-4-6-11/h2-6,8,10,13H,7,9,15H2,1H3,(H,16,19)/t13-/m0/s1. The fourth-order valence-corrected chi connectivity index (χ4v) is 1.88. The van der Waals surface area contributed by atoms with Gasteiger partial charge >= 0.3 is 0 Å². The molecule has 1 amide bonds. The molecule has 0 aliphatic rings. The van der Waals surface area contributed by atoms with Crippen molar-refractivity contribution in [2.45, 2.75) is 12.5 Å². The lowest BCUT2D eigenvalue weighted by Crippen LogP contribution is -2.35. The maximum Gasteiger partial charge on any atom is 0.241 e. The van der Waals surface area contributed by atoms with Crippen LogP contribution in [-0.4, -0.2) is 22.2 Å². The third kappa shape index (κ3) is 3.42.